The molecule has 4 rings (SSSR count). The van der Waals surface area contributed by atoms with Gasteiger partial charge in [-0.05, 0) is 73.0 Å². The fourth-order valence-electron chi connectivity index (χ4n) is 6.16. The molecule has 1 saturated carbocycles. The summed E-state index contributed by atoms with van der Waals surface area (Å²) in [6, 6.07) is 13.5. The molecule has 0 spiro atoms. The first kappa shape index (κ1) is 38.3. The van der Waals surface area contributed by atoms with Crippen LogP contribution in [0.25, 0.3) is 6.08 Å². The highest BCUT2D eigenvalue weighted by Gasteiger charge is 2.69. The van der Waals surface area contributed by atoms with Crippen LogP contribution in [0.15, 0.2) is 66.7 Å². The third kappa shape index (κ3) is 8.13. The van der Waals surface area contributed by atoms with Crippen LogP contribution in [0.3, 0.4) is 0 Å². The molecule has 0 aromatic heterocycles. The van der Waals surface area contributed by atoms with Crippen molar-refractivity contribution < 1.29 is 69.5 Å². The summed E-state index contributed by atoms with van der Waals surface area (Å²) in [5.74, 6) is -9.15. The number of Topliss-reactive ketones (excluding diaryl/α,β-unsaturated/α-hetero) is 1. The van der Waals surface area contributed by atoms with E-state index < -0.39 is 95.1 Å². The van der Waals surface area contributed by atoms with Gasteiger partial charge in [0.25, 0.3) is 0 Å². The van der Waals surface area contributed by atoms with Crippen molar-refractivity contribution in [2.75, 3.05) is 7.05 Å². The van der Waals surface area contributed by atoms with E-state index in [1.165, 1.54) is 13.1 Å². The molecule has 6 unspecified atom stereocenters. The highest BCUT2D eigenvalue weighted by atomic mass is 16.6. The van der Waals surface area contributed by atoms with E-state index >= 15 is 0 Å². The number of carboxylic acid groups (broad SMARTS) is 1. The molecule has 9 N–H and O–H groups in total. The maximum Gasteiger partial charge on any atom is 0.336 e. The fraction of sp³-hybridized carbons (Fsp3) is 0.333. The number of phenolic OH excluding ortho intramolecular Hbond substituents is 4. The summed E-state index contributed by atoms with van der Waals surface area (Å²) in [6.45, 7) is 1.87. The summed E-state index contributed by atoms with van der Waals surface area (Å²) in [6.07, 6.45) is -6.25. The number of aliphatic hydroxyl groups is 3. The second-order valence-electron chi connectivity index (χ2n) is 12.2. The Kier molecular flexibility index (Phi) is 11.7. The molecule has 6 atom stereocenters. The molecule has 15 nitrogen and oxygen atoms in total. The molecule has 0 heterocycles. The van der Waals surface area contributed by atoms with Crippen molar-refractivity contribution in [3.8, 4) is 23.0 Å². The molecule has 0 radical (unpaired) electrons. The van der Waals surface area contributed by atoms with Gasteiger partial charge in [-0.1, -0.05) is 37.3 Å². The highest BCUT2D eigenvalue weighted by molar-refractivity contribution is 6.06. The van der Waals surface area contributed by atoms with Crippen LogP contribution in [-0.2, 0) is 36.7 Å². The minimum Gasteiger partial charge on any atom is -0.504 e. The molecule has 51 heavy (non-hydrogen) atoms. The van der Waals surface area contributed by atoms with Gasteiger partial charge in [0.1, 0.15) is 12.5 Å². The number of aliphatic carboxylic acids is 1. The summed E-state index contributed by atoms with van der Waals surface area (Å²) < 4.78 is 11.4. The monoisotopic (exact) mass is 709 g/mol. The lowest BCUT2D eigenvalue weighted by atomic mass is 9.62. The molecule has 1 aliphatic carbocycles. The van der Waals surface area contributed by atoms with Gasteiger partial charge >= 0.3 is 17.9 Å². The van der Waals surface area contributed by atoms with Crippen LogP contribution in [-0.4, -0.2) is 101 Å². The van der Waals surface area contributed by atoms with Crippen molar-refractivity contribution in [3.63, 3.8) is 0 Å². The molecule has 3 aromatic rings. The van der Waals surface area contributed by atoms with Gasteiger partial charge in [-0.3, -0.25) is 14.9 Å². The molecule has 1 aliphatic rings. The Morgan fingerprint density at radius 3 is 2.20 bits per heavy atom. The lowest BCUT2D eigenvalue weighted by Gasteiger charge is -2.54. The van der Waals surface area contributed by atoms with E-state index in [9.17, 15) is 60.0 Å². The molecule has 1 fully saturated rings. The largest absolute Gasteiger partial charge is 0.504 e. The first-order chi connectivity index (χ1) is 24.0. The number of ketones is 1. The summed E-state index contributed by atoms with van der Waals surface area (Å²) in [4.78, 5) is 52.7. The zero-order chi connectivity index (χ0) is 37.7. The first-order valence-electron chi connectivity index (χ1n) is 15.8. The van der Waals surface area contributed by atoms with E-state index in [0.29, 0.717) is 12.0 Å². The molecular formula is C36H39NO14. The van der Waals surface area contributed by atoms with Gasteiger partial charge in [0.15, 0.2) is 46.7 Å². The van der Waals surface area contributed by atoms with Crippen LogP contribution < -0.4 is 5.32 Å². The number of carboxylic acids is 1. The van der Waals surface area contributed by atoms with Crippen LogP contribution in [0.5, 0.6) is 23.0 Å². The zero-order valence-electron chi connectivity index (χ0n) is 27.6. The Balaban J connectivity index is 1.83. The maximum absolute atomic E-state index is 13.5. The van der Waals surface area contributed by atoms with Gasteiger partial charge in [-0.25, -0.2) is 9.59 Å². The second kappa shape index (κ2) is 15.6. The van der Waals surface area contributed by atoms with Crippen LogP contribution in [0.1, 0.15) is 46.8 Å². The van der Waals surface area contributed by atoms with E-state index in [4.69, 9.17) is 9.47 Å². The molecule has 3 aromatic carbocycles. The number of carbonyl (C=O) groups is 4. The highest BCUT2D eigenvalue weighted by Crippen LogP contribution is 2.47. The van der Waals surface area contributed by atoms with Crippen molar-refractivity contribution in [3.05, 3.63) is 89.0 Å². The van der Waals surface area contributed by atoms with Crippen molar-refractivity contribution >= 4 is 29.8 Å². The summed E-state index contributed by atoms with van der Waals surface area (Å²) in [5, 5.41) is 86.3. The number of aliphatic hydroxyl groups excluding tert-OH is 2. The van der Waals surface area contributed by atoms with Crippen LogP contribution in [0.4, 0.5) is 0 Å². The zero-order valence-corrected chi connectivity index (χ0v) is 27.6. The van der Waals surface area contributed by atoms with Crippen LogP contribution in [0.2, 0.25) is 0 Å². The van der Waals surface area contributed by atoms with Crippen LogP contribution in [0, 0.1) is 5.92 Å². The number of phenols is 4. The van der Waals surface area contributed by atoms with Gasteiger partial charge in [-0.2, -0.15) is 0 Å². The fourth-order valence-corrected chi connectivity index (χ4v) is 6.16. The molecule has 0 bridgehead atoms. The van der Waals surface area contributed by atoms with Gasteiger partial charge < -0.3 is 50.3 Å². The van der Waals surface area contributed by atoms with Gasteiger partial charge in [0.2, 0.25) is 5.60 Å². The number of aryl methyl sites for hydroxylation is 1. The average molecular weight is 710 g/mol. The number of nitrogens with one attached hydrogen (secondary N) is 1. The summed E-state index contributed by atoms with van der Waals surface area (Å²) in [5.41, 5.74) is -4.26. The smallest absolute Gasteiger partial charge is 0.336 e. The molecule has 0 amide bonds. The number of benzene rings is 3. The predicted molar refractivity (Wildman–Crippen MR) is 178 cm³/mol. The van der Waals surface area contributed by atoms with Crippen molar-refractivity contribution in [2.45, 2.75) is 62.2 Å². The Labute approximate surface area is 291 Å². The third-order valence-corrected chi connectivity index (χ3v) is 8.92. The molecular weight excluding hydrogens is 670 g/mol. The Hall–Kier alpha value is -5.48. The Morgan fingerprint density at radius 2 is 1.59 bits per heavy atom. The quantitative estimate of drug-likeness (QED) is 0.0304. The number of carbonyl (C=O) groups excluding carboxylic acids is 3. The first-order valence-corrected chi connectivity index (χ1v) is 15.8. The molecule has 0 aliphatic heterocycles. The second-order valence-corrected chi connectivity index (χ2v) is 12.2. The number of hydrogen-bond donors (Lipinski definition) is 9. The SMILES string of the molecule is CCc1cccc(CC2C(OC(=O)CC(=O)c3ccc(O)c(O)c3)C(OC(=O)C=Cc3ccc(O)c(O)c3)(C(O)NC)C(O)CC2(O)C(=O)O)c1. The maximum atomic E-state index is 13.5. The van der Waals surface area contributed by atoms with E-state index in [-0.39, 0.29) is 17.5 Å². The predicted octanol–water partition coefficient (Wildman–Crippen LogP) is 1.53. The van der Waals surface area contributed by atoms with Gasteiger partial charge in [0, 0.05) is 24.0 Å². The molecule has 272 valence electrons. The summed E-state index contributed by atoms with van der Waals surface area (Å²) in [7, 11) is 1.21. The Bertz CT molecular complexity index is 1820. The average Bonchev–Trinajstić information content (AvgIpc) is 3.09. The van der Waals surface area contributed by atoms with Gasteiger partial charge in [-0.15, -0.1) is 0 Å². The number of likely N-dealkylation sites (N-methyl/N-ethyl adjacent to an activating group) is 1. The lowest BCUT2D eigenvalue weighted by molar-refractivity contribution is -0.285. The van der Waals surface area contributed by atoms with Crippen LogP contribution >= 0.6 is 0 Å². The van der Waals surface area contributed by atoms with E-state index in [2.05, 4.69) is 5.32 Å². The van der Waals surface area contributed by atoms with Crippen molar-refractivity contribution in [1.29, 1.82) is 0 Å². The number of ether oxygens (including phenoxy) is 2. The lowest BCUT2D eigenvalue weighted by Crippen LogP contribution is -2.76. The Morgan fingerprint density at radius 1 is 0.941 bits per heavy atom. The topological polar surface area (TPSA) is 261 Å². The molecule has 0 saturated heterocycles. The number of hydrogen-bond acceptors (Lipinski definition) is 14. The van der Waals surface area contributed by atoms with E-state index in [0.717, 1.165) is 48.0 Å². The number of aromatic hydroxyl groups is 4. The number of esters is 2. The van der Waals surface area contributed by atoms with Crippen molar-refractivity contribution in [1.82, 2.24) is 5.32 Å². The van der Waals surface area contributed by atoms with Gasteiger partial charge in [0.05, 0.1) is 0 Å². The minimum atomic E-state index is -2.85. The van der Waals surface area contributed by atoms with Crippen molar-refractivity contribution in [2.24, 2.45) is 5.92 Å². The summed E-state index contributed by atoms with van der Waals surface area (Å²) >= 11 is 0. The van der Waals surface area contributed by atoms with E-state index in [1.807, 2.05) is 6.92 Å². The van der Waals surface area contributed by atoms with E-state index in [1.54, 1.807) is 24.3 Å². The third-order valence-electron chi connectivity index (χ3n) is 8.92. The standard InChI is InChI=1S/C36H39NO14/c1-3-19-5-4-6-21(13-19)14-23-32(50-31(45)17-26(40)22-9-11-25(39)28(42)16-22)36(33(46)37-2,29(43)18-35(23,49)34(47)48)51-30(44)12-8-20-7-10-24(38)27(41)15-20/h4-13,15-16,23,29,32-33,37-39,41-43,46,49H,3,14,17-18H2,1-2H3,(H,47,48). The minimum absolute atomic E-state index is 0.209. The normalized spacial score (nSPS) is 23.7. The number of rotatable bonds is 13. The molecule has 15 heteroatoms.